The van der Waals surface area contributed by atoms with Gasteiger partial charge in [0.1, 0.15) is 64.1 Å². The molecular weight excluding hydrogens is 648 g/mol. The summed E-state index contributed by atoms with van der Waals surface area (Å²) >= 11 is 0. The van der Waals surface area contributed by atoms with E-state index >= 15 is 0 Å². The zero-order valence-electron chi connectivity index (χ0n) is 21.9. The van der Waals surface area contributed by atoms with Crippen LogP contribution in [0.5, 0.6) is 11.5 Å². The van der Waals surface area contributed by atoms with Crippen LogP contribution in [0.1, 0.15) is 11.1 Å². The Labute approximate surface area is 248 Å². The summed E-state index contributed by atoms with van der Waals surface area (Å²) in [5.74, 6) is -12.4. The molecule has 4 aromatic carbocycles. The molecule has 0 amide bonds. The lowest BCUT2D eigenvalue weighted by molar-refractivity contribution is -0.275. The Morgan fingerprint density at radius 1 is 0.478 bits per heavy atom. The van der Waals surface area contributed by atoms with E-state index in [1.807, 2.05) is 0 Å². The second kappa shape index (κ2) is 11.1. The molecule has 5 rings (SSSR count). The molecular formula is C30H8F12N2O2. The Morgan fingerprint density at radius 3 is 1.09 bits per heavy atom. The van der Waals surface area contributed by atoms with Crippen molar-refractivity contribution in [3.8, 4) is 57.0 Å². The lowest BCUT2D eigenvalue weighted by Gasteiger charge is -2.17. The molecule has 234 valence electrons. The highest BCUT2D eigenvalue weighted by atomic mass is 19.4. The highest BCUT2D eigenvalue weighted by Crippen LogP contribution is 2.54. The fourth-order valence-corrected chi connectivity index (χ4v) is 4.98. The average Bonchev–Trinajstić information content (AvgIpc) is 3.19. The molecule has 0 unspecified atom stereocenters. The van der Waals surface area contributed by atoms with Crippen LogP contribution in [0.15, 0.2) is 54.1 Å². The van der Waals surface area contributed by atoms with E-state index in [-0.39, 0.29) is 24.3 Å². The third kappa shape index (κ3) is 5.77. The summed E-state index contributed by atoms with van der Waals surface area (Å²) < 4.78 is 175. The third-order valence-electron chi connectivity index (χ3n) is 6.55. The summed E-state index contributed by atoms with van der Waals surface area (Å²) in [4.78, 5) is 0. The summed E-state index contributed by atoms with van der Waals surface area (Å²) in [5.41, 5.74) is -7.99. The van der Waals surface area contributed by atoms with Crippen LogP contribution in [0.2, 0.25) is 0 Å². The molecule has 0 bridgehead atoms. The molecule has 4 aromatic rings. The number of nitriles is 2. The third-order valence-corrected chi connectivity index (χ3v) is 6.55. The van der Waals surface area contributed by atoms with E-state index < -0.39 is 115 Å². The lowest BCUT2D eigenvalue weighted by atomic mass is 9.94. The van der Waals surface area contributed by atoms with E-state index in [4.69, 9.17) is 0 Å². The van der Waals surface area contributed by atoms with Gasteiger partial charge in [-0.05, 0) is 46.5 Å². The van der Waals surface area contributed by atoms with Crippen LogP contribution >= 0.6 is 0 Å². The summed E-state index contributed by atoms with van der Waals surface area (Å²) in [6.07, 6.45) is -11.1. The quantitative estimate of drug-likeness (QED) is 0.143. The number of rotatable bonds is 4. The average molecular weight is 656 g/mol. The van der Waals surface area contributed by atoms with Gasteiger partial charge in [-0.15, -0.1) is 26.3 Å². The number of hydrogen-bond donors (Lipinski definition) is 0. The van der Waals surface area contributed by atoms with Crippen molar-refractivity contribution in [1.29, 1.82) is 10.5 Å². The molecule has 0 heterocycles. The molecule has 4 nitrogen and oxygen atoms in total. The van der Waals surface area contributed by atoms with Gasteiger partial charge in [-0.25, -0.2) is 26.3 Å². The van der Waals surface area contributed by atoms with Crippen molar-refractivity contribution in [2.24, 2.45) is 0 Å². The van der Waals surface area contributed by atoms with Gasteiger partial charge in [0.2, 0.25) is 0 Å². The summed E-state index contributed by atoms with van der Waals surface area (Å²) in [5, 5.41) is 19.2. The minimum Gasteiger partial charge on any atom is -0.405 e. The zero-order chi connectivity index (χ0) is 33.9. The Balaban J connectivity index is 1.95. The number of benzene rings is 4. The van der Waals surface area contributed by atoms with Crippen molar-refractivity contribution in [1.82, 2.24) is 0 Å². The highest BCUT2D eigenvalue weighted by molar-refractivity contribution is 6.07. The van der Waals surface area contributed by atoms with Crippen LogP contribution < -0.4 is 9.47 Å². The molecule has 0 radical (unpaired) electrons. The summed E-state index contributed by atoms with van der Waals surface area (Å²) in [6, 6.07) is 5.54. The minimum absolute atomic E-state index is 0.130. The Morgan fingerprint density at radius 2 is 0.804 bits per heavy atom. The van der Waals surface area contributed by atoms with Crippen LogP contribution in [0, 0.1) is 57.6 Å². The molecule has 0 atom stereocenters. The van der Waals surface area contributed by atoms with Crippen molar-refractivity contribution in [3.63, 3.8) is 0 Å². The molecule has 0 saturated heterocycles. The topological polar surface area (TPSA) is 66.0 Å². The maximum atomic E-state index is 14.8. The Hall–Kier alpha value is -5.64. The fraction of sp³-hybridized carbons (Fsp3) is 0.0667. The van der Waals surface area contributed by atoms with Crippen molar-refractivity contribution in [2.75, 3.05) is 0 Å². The van der Waals surface area contributed by atoms with E-state index in [1.165, 1.54) is 12.1 Å². The highest BCUT2D eigenvalue weighted by Gasteiger charge is 2.39. The van der Waals surface area contributed by atoms with Crippen LogP contribution in [0.3, 0.4) is 0 Å². The Bertz CT molecular complexity index is 1880. The van der Waals surface area contributed by atoms with Crippen molar-refractivity contribution in [2.45, 2.75) is 12.7 Å². The molecule has 16 heteroatoms. The lowest BCUT2D eigenvalue weighted by Crippen LogP contribution is -2.18. The van der Waals surface area contributed by atoms with E-state index in [9.17, 15) is 63.2 Å². The van der Waals surface area contributed by atoms with Gasteiger partial charge >= 0.3 is 12.7 Å². The number of halogens is 12. The molecule has 0 N–H and O–H groups in total. The number of ether oxygens (including phenoxy) is 2. The van der Waals surface area contributed by atoms with Gasteiger partial charge in [-0.3, -0.25) is 0 Å². The summed E-state index contributed by atoms with van der Waals surface area (Å²) in [7, 11) is 0. The molecule has 0 fully saturated rings. The van der Waals surface area contributed by atoms with E-state index in [0.717, 1.165) is 0 Å². The first-order valence-electron chi connectivity index (χ1n) is 12.2. The molecule has 0 aromatic heterocycles. The monoisotopic (exact) mass is 656 g/mol. The van der Waals surface area contributed by atoms with Gasteiger partial charge in [0, 0.05) is 41.0 Å². The molecule has 0 aliphatic heterocycles. The van der Waals surface area contributed by atoms with Crippen molar-refractivity contribution < 1.29 is 62.2 Å². The number of hydrogen-bond acceptors (Lipinski definition) is 4. The maximum absolute atomic E-state index is 14.8. The second-order valence-corrected chi connectivity index (χ2v) is 9.35. The molecule has 1 aliphatic rings. The number of alkyl halides is 6. The predicted octanol–water partition coefficient (Wildman–Crippen LogP) is 9.48. The van der Waals surface area contributed by atoms with Crippen LogP contribution in [-0.2, 0) is 0 Å². The second-order valence-electron chi connectivity index (χ2n) is 9.35. The Kier molecular flexibility index (Phi) is 7.64. The number of nitrogens with zero attached hydrogens (tertiary/aromatic N) is 2. The first-order valence-corrected chi connectivity index (χ1v) is 12.2. The van der Waals surface area contributed by atoms with Gasteiger partial charge in [0.25, 0.3) is 0 Å². The number of fused-ring (bicyclic) bond motifs is 3. The standard InChI is InChI=1S/C30H8F12N2O2/c31-12-1-20(33)27(21(34)2-12)18-5-14-15-6-19(28-22(35)3-13(32)4-23(28)36)25(46-30(40,41)42)8-17(15)26(11(9-43)10-44)16(14)7-24(18)45-29(37,38)39/h1-8H. The first kappa shape index (κ1) is 31.8. The van der Waals surface area contributed by atoms with Crippen LogP contribution in [0.25, 0.3) is 39.0 Å². The largest absolute Gasteiger partial charge is 0.573 e. The molecule has 0 spiro atoms. The van der Waals surface area contributed by atoms with Crippen LogP contribution in [0.4, 0.5) is 52.7 Å². The van der Waals surface area contributed by atoms with Gasteiger partial charge < -0.3 is 9.47 Å². The summed E-state index contributed by atoms with van der Waals surface area (Å²) in [6.45, 7) is 0. The minimum atomic E-state index is -5.53. The smallest absolute Gasteiger partial charge is 0.405 e. The maximum Gasteiger partial charge on any atom is 0.573 e. The van der Waals surface area contributed by atoms with Crippen molar-refractivity contribution in [3.05, 3.63) is 100 Å². The van der Waals surface area contributed by atoms with Crippen molar-refractivity contribution >= 4 is 5.57 Å². The van der Waals surface area contributed by atoms with Gasteiger partial charge in [-0.1, -0.05) is 0 Å². The van der Waals surface area contributed by atoms with Crippen LogP contribution in [-0.4, -0.2) is 12.7 Å². The van der Waals surface area contributed by atoms with Gasteiger partial charge in [-0.2, -0.15) is 10.5 Å². The molecule has 1 aliphatic carbocycles. The number of allylic oxidation sites excluding steroid dienone is 1. The predicted molar refractivity (Wildman–Crippen MR) is 133 cm³/mol. The first-order chi connectivity index (χ1) is 21.4. The van der Waals surface area contributed by atoms with Gasteiger partial charge in [0.15, 0.2) is 0 Å². The zero-order valence-corrected chi connectivity index (χ0v) is 21.9. The van der Waals surface area contributed by atoms with E-state index in [1.54, 1.807) is 0 Å². The molecule has 0 saturated carbocycles. The van der Waals surface area contributed by atoms with E-state index in [0.29, 0.717) is 24.3 Å². The molecule has 46 heavy (non-hydrogen) atoms. The SMILES string of the molecule is N#CC(C#N)=C1c2cc(OC(F)(F)F)c(-c3c(F)cc(F)cc3F)cc2-c2cc(-c3c(F)cc(F)cc3F)c(OC(F)(F)F)cc21. The normalized spacial score (nSPS) is 12.3. The van der Waals surface area contributed by atoms with Gasteiger partial charge in [0.05, 0.1) is 11.1 Å². The van der Waals surface area contributed by atoms with E-state index in [2.05, 4.69) is 9.47 Å². The fourth-order valence-electron chi connectivity index (χ4n) is 4.98.